The predicted octanol–water partition coefficient (Wildman–Crippen LogP) is 2.14. The van der Waals surface area contributed by atoms with Crippen molar-refractivity contribution in [1.29, 1.82) is 0 Å². The monoisotopic (exact) mass is 416 g/mol. The summed E-state index contributed by atoms with van der Waals surface area (Å²) in [4.78, 5) is 4.36. The van der Waals surface area contributed by atoms with Gasteiger partial charge in [0.15, 0.2) is 0 Å². The molecular weight excluding hydrogens is 397 g/mol. The van der Waals surface area contributed by atoms with Crippen LogP contribution in [0.5, 0.6) is 5.75 Å². The molecule has 1 atom stereocenters. The fourth-order valence-electron chi connectivity index (χ4n) is 2.65. The largest absolute Gasteiger partial charge is 0.511 e. The van der Waals surface area contributed by atoms with Crippen LogP contribution in [0.1, 0.15) is 29.3 Å². The Morgan fingerprint density at radius 3 is 2.64 bits per heavy atom. The van der Waals surface area contributed by atoms with Crippen LogP contribution in [-0.4, -0.2) is 25.5 Å². The van der Waals surface area contributed by atoms with E-state index in [2.05, 4.69) is 15.8 Å². The third-order valence-electron chi connectivity index (χ3n) is 4.12. The molecule has 1 fully saturated rings. The van der Waals surface area contributed by atoms with E-state index in [-0.39, 0.29) is 12.6 Å². The lowest BCUT2D eigenvalue weighted by atomic mass is 10.1. The highest BCUT2D eigenvalue weighted by Crippen LogP contribution is 2.22. The van der Waals surface area contributed by atoms with Gasteiger partial charge in [0.2, 0.25) is 0 Å². The Labute approximate surface area is 160 Å². The summed E-state index contributed by atoms with van der Waals surface area (Å²) in [7, 11) is -5.37. The normalized spacial score (nSPS) is 17.6. The standard InChI is InChI=1S/C17H19F3N4O3S/c18-17(19,20)28(25,26)23-9-12-2-1-3-13(8-12)11-27-14-4-5-15(21-10-14)16-6-7-22-24-16/h1-5,8,10,16,22-24H,6-7,9,11H2. The van der Waals surface area contributed by atoms with Gasteiger partial charge < -0.3 is 4.74 Å². The Morgan fingerprint density at radius 1 is 1.21 bits per heavy atom. The van der Waals surface area contributed by atoms with E-state index < -0.39 is 22.1 Å². The highest BCUT2D eigenvalue weighted by Gasteiger charge is 2.45. The summed E-state index contributed by atoms with van der Waals surface area (Å²) in [5, 5.41) is 0. The summed E-state index contributed by atoms with van der Waals surface area (Å²) in [6, 6.07) is 10.3. The van der Waals surface area contributed by atoms with Gasteiger partial charge in [0.1, 0.15) is 12.4 Å². The summed E-state index contributed by atoms with van der Waals surface area (Å²) in [5.74, 6) is 0.554. The first-order valence-corrected chi connectivity index (χ1v) is 9.94. The van der Waals surface area contributed by atoms with Gasteiger partial charge in [-0.1, -0.05) is 24.3 Å². The van der Waals surface area contributed by atoms with Gasteiger partial charge in [0.25, 0.3) is 0 Å². The fraction of sp³-hybridized carbons (Fsp3) is 0.353. The zero-order valence-electron chi connectivity index (χ0n) is 14.7. The molecule has 3 rings (SSSR count). The highest BCUT2D eigenvalue weighted by molar-refractivity contribution is 7.90. The molecule has 1 aliphatic heterocycles. The van der Waals surface area contributed by atoms with Crippen LogP contribution in [-0.2, 0) is 23.2 Å². The van der Waals surface area contributed by atoms with Crippen LogP contribution in [0.15, 0.2) is 42.6 Å². The number of ether oxygens (including phenoxy) is 1. The Hall–Kier alpha value is -2.21. The molecule has 11 heteroatoms. The van der Waals surface area contributed by atoms with Gasteiger partial charge in [-0.3, -0.25) is 10.4 Å². The van der Waals surface area contributed by atoms with E-state index in [1.165, 1.54) is 10.8 Å². The van der Waals surface area contributed by atoms with E-state index in [0.29, 0.717) is 16.9 Å². The number of pyridine rings is 1. The second-order valence-corrected chi connectivity index (χ2v) is 7.97. The van der Waals surface area contributed by atoms with Crippen molar-refractivity contribution in [3.63, 3.8) is 0 Å². The summed E-state index contributed by atoms with van der Waals surface area (Å²) >= 11 is 0. The maximum absolute atomic E-state index is 12.4. The molecule has 0 radical (unpaired) electrons. The average molecular weight is 416 g/mol. The van der Waals surface area contributed by atoms with Crippen molar-refractivity contribution in [2.24, 2.45) is 0 Å². The maximum Gasteiger partial charge on any atom is 0.511 e. The van der Waals surface area contributed by atoms with Crippen LogP contribution in [0.4, 0.5) is 13.2 Å². The molecule has 3 N–H and O–H groups in total. The van der Waals surface area contributed by atoms with E-state index in [1.807, 2.05) is 6.07 Å². The van der Waals surface area contributed by atoms with Gasteiger partial charge in [-0.2, -0.15) is 13.2 Å². The number of halogens is 3. The van der Waals surface area contributed by atoms with Crippen LogP contribution in [0, 0.1) is 0 Å². The molecule has 2 aromatic rings. The number of benzene rings is 1. The van der Waals surface area contributed by atoms with Crippen molar-refractivity contribution in [3.8, 4) is 5.75 Å². The Kier molecular flexibility index (Phi) is 6.18. The van der Waals surface area contributed by atoms with Gasteiger partial charge in [-0.25, -0.2) is 18.6 Å². The van der Waals surface area contributed by atoms with E-state index in [1.54, 1.807) is 30.5 Å². The molecule has 28 heavy (non-hydrogen) atoms. The summed E-state index contributed by atoms with van der Waals surface area (Å²) in [5.41, 5.74) is 2.80. The zero-order chi connectivity index (χ0) is 20.2. The number of rotatable bonds is 7. The lowest BCUT2D eigenvalue weighted by molar-refractivity contribution is -0.0448. The van der Waals surface area contributed by atoms with Crippen LogP contribution < -0.4 is 20.3 Å². The molecule has 0 aliphatic carbocycles. The first-order chi connectivity index (χ1) is 13.2. The van der Waals surface area contributed by atoms with Gasteiger partial charge in [0, 0.05) is 13.1 Å². The predicted molar refractivity (Wildman–Crippen MR) is 95.3 cm³/mol. The van der Waals surface area contributed by atoms with Crippen LogP contribution in [0.25, 0.3) is 0 Å². The number of nitrogens with one attached hydrogen (secondary N) is 3. The number of aromatic nitrogens is 1. The molecule has 1 unspecified atom stereocenters. The fourth-order valence-corrected chi connectivity index (χ4v) is 3.17. The SMILES string of the molecule is O=S(=O)(NCc1cccc(COc2ccc(C3CCNN3)nc2)c1)C(F)(F)F. The minimum Gasteiger partial charge on any atom is -0.487 e. The van der Waals surface area contributed by atoms with Gasteiger partial charge in [-0.15, -0.1) is 0 Å². The van der Waals surface area contributed by atoms with Crippen molar-refractivity contribution in [2.75, 3.05) is 6.54 Å². The first-order valence-electron chi connectivity index (χ1n) is 8.45. The van der Waals surface area contributed by atoms with Crippen molar-refractivity contribution in [1.82, 2.24) is 20.6 Å². The number of hydrogen-bond acceptors (Lipinski definition) is 6. The van der Waals surface area contributed by atoms with Gasteiger partial charge in [0.05, 0.1) is 17.9 Å². The third kappa shape index (κ3) is 5.19. The third-order valence-corrected chi connectivity index (χ3v) is 5.25. The van der Waals surface area contributed by atoms with Crippen molar-refractivity contribution < 1.29 is 26.3 Å². The second kappa shape index (κ2) is 8.43. The molecule has 2 heterocycles. The van der Waals surface area contributed by atoms with Gasteiger partial charge in [-0.05, 0) is 29.7 Å². The molecule has 0 spiro atoms. The number of hydrazine groups is 1. The number of alkyl halides is 3. The molecule has 1 aliphatic rings. The lowest BCUT2D eigenvalue weighted by Crippen LogP contribution is -2.36. The van der Waals surface area contributed by atoms with E-state index in [4.69, 9.17) is 4.74 Å². The lowest BCUT2D eigenvalue weighted by Gasteiger charge is -2.12. The Balaban J connectivity index is 1.56. The molecule has 0 saturated carbocycles. The van der Waals surface area contributed by atoms with Crippen molar-refractivity contribution in [3.05, 3.63) is 59.4 Å². The Morgan fingerprint density at radius 2 is 2.00 bits per heavy atom. The molecular formula is C17H19F3N4O3S. The van der Waals surface area contributed by atoms with Crippen LogP contribution in [0.2, 0.25) is 0 Å². The molecule has 0 amide bonds. The Bertz CT molecular complexity index is 899. The maximum atomic E-state index is 12.4. The number of nitrogens with zero attached hydrogens (tertiary/aromatic N) is 1. The minimum absolute atomic E-state index is 0.159. The first kappa shape index (κ1) is 20.5. The molecule has 152 valence electrons. The van der Waals surface area contributed by atoms with Crippen LogP contribution >= 0.6 is 0 Å². The topological polar surface area (TPSA) is 92.4 Å². The summed E-state index contributed by atoms with van der Waals surface area (Å²) < 4.78 is 66.4. The minimum atomic E-state index is -5.37. The molecule has 7 nitrogen and oxygen atoms in total. The van der Waals surface area contributed by atoms with E-state index in [0.717, 1.165) is 18.7 Å². The van der Waals surface area contributed by atoms with E-state index >= 15 is 0 Å². The average Bonchev–Trinajstić information content (AvgIpc) is 3.19. The summed E-state index contributed by atoms with van der Waals surface area (Å²) in [6.07, 6.45) is 2.55. The highest BCUT2D eigenvalue weighted by atomic mass is 32.2. The van der Waals surface area contributed by atoms with Crippen molar-refractivity contribution in [2.45, 2.75) is 31.1 Å². The number of sulfonamides is 1. The summed E-state index contributed by atoms with van der Waals surface area (Å²) in [6.45, 7) is 0.582. The molecule has 0 bridgehead atoms. The smallest absolute Gasteiger partial charge is 0.487 e. The number of hydrogen-bond donors (Lipinski definition) is 3. The van der Waals surface area contributed by atoms with Crippen LogP contribution in [0.3, 0.4) is 0 Å². The second-order valence-electron chi connectivity index (χ2n) is 6.21. The van der Waals surface area contributed by atoms with Crippen molar-refractivity contribution >= 4 is 10.0 Å². The molecule has 1 aromatic carbocycles. The zero-order valence-corrected chi connectivity index (χ0v) is 15.5. The molecule has 1 aromatic heterocycles. The molecule has 1 saturated heterocycles. The quantitative estimate of drug-likeness (QED) is 0.641. The van der Waals surface area contributed by atoms with Gasteiger partial charge >= 0.3 is 15.5 Å². The van der Waals surface area contributed by atoms with E-state index in [9.17, 15) is 21.6 Å².